The van der Waals surface area contributed by atoms with Crippen LogP contribution in [0.4, 0.5) is 0 Å². The minimum Gasteiger partial charge on any atom is -0.481 e. The average molecular weight is 246 g/mol. The minimum absolute atomic E-state index is 0.340. The molecule has 0 aliphatic carbocycles. The first-order chi connectivity index (χ1) is 8.68. The maximum Gasteiger partial charge on any atom is 0.307 e. The van der Waals surface area contributed by atoms with E-state index in [0.717, 1.165) is 18.5 Å². The molecule has 1 aromatic carbocycles. The van der Waals surface area contributed by atoms with Crippen LogP contribution in [-0.2, 0) is 11.2 Å². The Kier molecular flexibility index (Phi) is 3.99. The number of rotatable bonds is 6. The second-order valence-electron chi connectivity index (χ2n) is 4.55. The summed E-state index contributed by atoms with van der Waals surface area (Å²) in [6.07, 6.45) is 2.92. The van der Waals surface area contributed by atoms with E-state index in [1.807, 2.05) is 18.3 Å². The van der Waals surface area contributed by atoms with Crippen LogP contribution in [0.25, 0.3) is 10.9 Å². The number of hydrogen-bond donors (Lipinski definition) is 3. The van der Waals surface area contributed by atoms with Crippen molar-refractivity contribution in [1.82, 2.24) is 10.3 Å². The summed E-state index contributed by atoms with van der Waals surface area (Å²) in [6, 6.07) is 8.19. The number of nitrogens with one attached hydrogen (secondary N) is 2. The van der Waals surface area contributed by atoms with Crippen molar-refractivity contribution < 1.29 is 9.90 Å². The minimum atomic E-state index is -0.755. The van der Waals surface area contributed by atoms with Gasteiger partial charge in [-0.25, -0.2) is 0 Å². The number of para-hydroxylation sites is 1. The quantitative estimate of drug-likeness (QED) is 0.683. The normalized spacial score (nSPS) is 12.7. The first-order valence-electron chi connectivity index (χ1n) is 6.17. The van der Waals surface area contributed by atoms with Gasteiger partial charge in [-0.2, -0.15) is 0 Å². The molecule has 1 atom stereocenters. The van der Waals surface area contributed by atoms with E-state index in [2.05, 4.69) is 22.4 Å². The van der Waals surface area contributed by atoms with Crippen LogP contribution in [0.2, 0.25) is 0 Å². The van der Waals surface area contributed by atoms with E-state index in [1.165, 1.54) is 10.9 Å². The Hall–Kier alpha value is -1.81. The lowest BCUT2D eigenvalue weighted by atomic mass is 10.1. The van der Waals surface area contributed by atoms with E-state index >= 15 is 0 Å². The van der Waals surface area contributed by atoms with Gasteiger partial charge in [0.2, 0.25) is 0 Å². The Morgan fingerprint density at radius 1 is 1.44 bits per heavy atom. The van der Waals surface area contributed by atoms with Gasteiger partial charge < -0.3 is 15.4 Å². The largest absolute Gasteiger partial charge is 0.481 e. The van der Waals surface area contributed by atoms with Crippen molar-refractivity contribution in [2.45, 2.75) is 13.3 Å². The zero-order chi connectivity index (χ0) is 13.0. The van der Waals surface area contributed by atoms with E-state index in [9.17, 15) is 4.79 Å². The predicted molar refractivity (Wildman–Crippen MR) is 71.7 cm³/mol. The van der Waals surface area contributed by atoms with Crippen LogP contribution < -0.4 is 5.32 Å². The second kappa shape index (κ2) is 5.69. The third kappa shape index (κ3) is 2.90. The molecule has 0 amide bonds. The van der Waals surface area contributed by atoms with E-state index in [-0.39, 0.29) is 5.92 Å². The highest BCUT2D eigenvalue weighted by Gasteiger charge is 2.09. The number of carboxylic acids is 1. The SMILES string of the molecule is CC(CNCCc1c[nH]c2ccccc12)C(=O)O. The molecule has 0 fully saturated rings. The van der Waals surface area contributed by atoms with Gasteiger partial charge >= 0.3 is 5.97 Å². The van der Waals surface area contributed by atoms with E-state index in [4.69, 9.17) is 5.11 Å². The molecule has 4 heteroatoms. The number of carboxylic acid groups (broad SMARTS) is 1. The second-order valence-corrected chi connectivity index (χ2v) is 4.55. The standard InChI is InChI=1S/C14H18N2O2/c1-10(14(17)18)8-15-7-6-11-9-16-13-5-3-2-4-12(11)13/h2-5,9-10,15-16H,6-8H2,1H3,(H,17,18). The predicted octanol–water partition coefficient (Wildman–Crippen LogP) is 2.02. The van der Waals surface area contributed by atoms with Crippen molar-refractivity contribution in [1.29, 1.82) is 0 Å². The molecule has 0 spiro atoms. The van der Waals surface area contributed by atoms with Crippen LogP contribution in [0.15, 0.2) is 30.5 Å². The van der Waals surface area contributed by atoms with E-state index in [0.29, 0.717) is 6.54 Å². The van der Waals surface area contributed by atoms with Crippen molar-refractivity contribution in [2.75, 3.05) is 13.1 Å². The van der Waals surface area contributed by atoms with Crippen molar-refractivity contribution in [3.8, 4) is 0 Å². The average Bonchev–Trinajstić information content (AvgIpc) is 2.77. The van der Waals surface area contributed by atoms with Crippen LogP contribution in [0, 0.1) is 5.92 Å². The summed E-state index contributed by atoms with van der Waals surface area (Å²) in [5.41, 5.74) is 2.41. The summed E-state index contributed by atoms with van der Waals surface area (Å²) in [4.78, 5) is 13.9. The Morgan fingerprint density at radius 2 is 2.22 bits per heavy atom. The Morgan fingerprint density at radius 3 is 3.00 bits per heavy atom. The van der Waals surface area contributed by atoms with Gasteiger partial charge in [-0.05, 0) is 24.6 Å². The molecule has 0 aliphatic heterocycles. The molecule has 0 bridgehead atoms. The highest BCUT2D eigenvalue weighted by molar-refractivity contribution is 5.83. The van der Waals surface area contributed by atoms with Gasteiger partial charge in [-0.15, -0.1) is 0 Å². The number of aromatic amines is 1. The van der Waals surface area contributed by atoms with Crippen LogP contribution >= 0.6 is 0 Å². The zero-order valence-electron chi connectivity index (χ0n) is 10.4. The highest BCUT2D eigenvalue weighted by Crippen LogP contribution is 2.17. The van der Waals surface area contributed by atoms with Crippen molar-refractivity contribution >= 4 is 16.9 Å². The monoisotopic (exact) mass is 246 g/mol. The third-order valence-electron chi connectivity index (χ3n) is 3.12. The van der Waals surface area contributed by atoms with Gasteiger partial charge in [0.05, 0.1) is 5.92 Å². The summed E-state index contributed by atoms with van der Waals surface area (Å²) >= 11 is 0. The van der Waals surface area contributed by atoms with Gasteiger partial charge in [-0.1, -0.05) is 25.1 Å². The smallest absolute Gasteiger partial charge is 0.307 e. The molecular formula is C14H18N2O2. The molecule has 3 N–H and O–H groups in total. The zero-order valence-corrected chi connectivity index (χ0v) is 10.4. The molecule has 0 radical (unpaired) electrons. The molecule has 4 nitrogen and oxygen atoms in total. The number of hydrogen-bond acceptors (Lipinski definition) is 2. The number of carbonyl (C=O) groups is 1. The van der Waals surface area contributed by atoms with Gasteiger partial charge in [0, 0.05) is 23.6 Å². The number of aliphatic carboxylic acids is 1. The van der Waals surface area contributed by atoms with Gasteiger partial charge in [0.1, 0.15) is 0 Å². The summed E-state index contributed by atoms with van der Waals surface area (Å²) in [5, 5.41) is 13.2. The summed E-state index contributed by atoms with van der Waals surface area (Å²) in [5.74, 6) is -1.09. The maximum absolute atomic E-state index is 10.7. The Bertz CT molecular complexity index is 533. The lowest BCUT2D eigenvalue weighted by Gasteiger charge is -2.07. The number of aromatic nitrogens is 1. The first-order valence-corrected chi connectivity index (χ1v) is 6.17. The molecule has 1 aromatic heterocycles. The topological polar surface area (TPSA) is 65.1 Å². The van der Waals surface area contributed by atoms with Crippen molar-refractivity contribution in [3.05, 3.63) is 36.0 Å². The molecule has 0 saturated heterocycles. The van der Waals surface area contributed by atoms with Crippen LogP contribution in [-0.4, -0.2) is 29.1 Å². The molecule has 1 unspecified atom stereocenters. The molecule has 2 rings (SSSR count). The molecular weight excluding hydrogens is 228 g/mol. The van der Waals surface area contributed by atoms with E-state index < -0.39 is 5.97 Å². The lowest BCUT2D eigenvalue weighted by Crippen LogP contribution is -2.27. The maximum atomic E-state index is 10.7. The Labute approximate surface area is 106 Å². The lowest BCUT2D eigenvalue weighted by molar-refractivity contribution is -0.140. The van der Waals surface area contributed by atoms with Gasteiger partial charge in [0.25, 0.3) is 0 Å². The molecule has 2 aromatic rings. The number of benzene rings is 1. The highest BCUT2D eigenvalue weighted by atomic mass is 16.4. The molecule has 0 aliphatic rings. The van der Waals surface area contributed by atoms with Crippen molar-refractivity contribution in [3.63, 3.8) is 0 Å². The molecule has 1 heterocycles. The fraction of sp³-hybridized carbons (Fsp3) is 0.357. The summed E-state index contributed by atoms with van der Waals surface area (Å²) in [6.45, 7) is 3.01. The van der Waals surface area contributed by atoms with Crippen LogP contribution in [0.3, 0.4) is 0 Å². The van der Waals surface area contributed by atoms with Gasteiger partial charge in [0.15, 0.2) is 0 Å². The third-order valence-corrected chi connectivity index (χ3v) is 3.12. The van der Waals surface area contributed by atoms with Crippen LogP contribution in [0.1, 0.15) is 12.5 Å². The number of H-pyrrole nitrogens is 1. The fourth-order valence-corrected chi connectivity index (χ4v) is 1.97. The summed E-state index contributed by atoms with van der Waals surface area (Å²) < 4.78 is 0. The molecule has 0 saturated carbocycles. The molecule has 96 valence electrons. The fourth-order valence-electron chi connectivity index (χ4n) is 1.97. The van der Waals surface area contributed by atoms with Gasteiger partial charge in [-0.3, -0.25) is 4.79 Å². The summed E-state index contributed by atoms with van der Waals surface area (Å²) in [7, 11) is 0. The van der Waals surface area contributed by atoms with E-state index in [1.54, 1.807) is 6.92 Å². The molecule has 18 heavy (non-hydrogen) atoms. The van der Waals surface area contributed by atoms with Crippen LogP contribution in [0.5, 0.6) is 0 Å². The van der Waals surface area contributed by atoms with Crippen molar-refractivity contribution in [2.24, 2.45) is 5.92 Å². The number of fused-ring (bicyclic) bond motifs is 1. The Balaban J connectivity index is 1.85. The first kappa shape index (κ1) is 12.6.